The van der Waals surface area contributed by atoms with Gasteiger partial charge in [-0.25, -0.2) is 4.79 Å². The van der Waals surface area contributed by atoms with Crippen molar-refractivity contribution in [2.75, 3.05) is 7.11 Å². The van der Waals surface area contributed by atoms with Crippen LogP contribution < -0.4 is 4.74 Å². The van der Waals surface area contributed by atoms with E-state index in [-0.39, 0.29) is 23.3 Å². The molecule has 1 N–H and O–H groups in total. The average Bonchev–Trinajstić information content (AvgIpc) is 2.58. The van der Waals surface area contributed by atoms with E-state index in [0.29, 0.717) is 5.75 Å². The molecule has 2 rings (SSSR count). The van der Waals surface area contributed by atoms with Crippen LogP contribution in [0.5, 0.6) is 5.75 Å². The first-order valence-electron chi connectivity index (χ1n) is 7.57. The van der Waals surface area contributed by atoms with Crippen molar-refractivity contribution in [3.05, 3.63) is 64.7 Å². The van der Waals surface area contributed by atoms with Crippen LogP contribution in [0.2, 0.25) is 0 Å². The normalized spacial score (nSPS) is 10.2. The Morgan fingerprint density at radius 2 is 1.76 bits per heavy atom. The van der Waals surface area contributed by atoms with Crippen molar-refractivity contribution < 1.29 is 29.0 Å². The number of Topliss-reactive ketones (excluding diaryl/α,β-unsaturated/α-hetero) is 1. The number of carbonyl (C=O) groups is 3. The van der Waals surface area contributed by atoms with E-state index < -0.39 is 24.1 Å². The highest BCUT2D eigenvalue weighted by Crippen LogP contribution is 2.26. The van der Waals surface area contributed by atoms with E-state index in [2.05, 4.69) is 0 Å². The third-order valence-corrected chi connectivity index (χ3v) is 3.54. The number of carbonyl (C=O) groups excluding carboxylic acids is 2. The molecule has 0 amide bonds. The van der Waals surface area contributed by atoms with Gasteiger partial charge >= 0.3 is 11.9 Å². The van der Waals surface area contributed by atoms with E-state index in [1.165, 1.54) is 26.2 Å². The van der Waals surface area contributed by atoms with Crippen LogP contribution >= 0.6 is 0 Å². The zero-order valence-corrected chi connectivity index (χ0v) is 13.9. The summed E-state index contributed by atoms with van der Waals surface area (Å²) in [4.78, 5) is 35.1. The van der Waals surface area contributed by atoms with Gasteiger partial charge in [0.1, 0.15) is 12.4 Å². The van der Waals surface area contributed by atoms with Gasteiger partial charge in [0.25, 0.3) is 0 Å². The van der Waals surface area contributed by atoms with E-state index in [1.807, 2.05) is 30.3 Å². The minimum absolute atomic E-state index is 0.00295. The fourth-order valence-electron chi connectivity index (χ4n) is 2.49. The highest BCUT2D eigenvalue weighted by Gasteiger charge is 2.22. The molecule has 6 heteroatoms. The van der Waals surface area contributed by atoms with Gasteiger partial charge in [-0.15, -0.1) is 0 Å². The molecule has 6 nitrogen and oxygen atoms in total. The Labute approximate surface area is 145 Å². The lowest BCUT2D eigenvalue weighted by Crippen LogP contribution is -2.14. The second-order valence-corrected chi connectivity index (χ2v) is 5.40. The third-order valence-electron chi connectivity index (χ3n) is 3.54. The maximum atomic E-state index is 12.0. The lowest BCUT2D eigenvalue weighted by molar-refractivity contribution is -0.136. The number of hydrogen-bond acceptors (Lipinski definition) is 5. The summed E-state index contributed by atoms with van der Waals surface area (Å²) in [6, 6.07) is 12.2. The highest BCUT2D eigenvalue weighted by atomic mass is 16.5. The SMILES string of the molecule is COC(=O)c1cc(OCc2ccccc2)cc(CC(=O)O)c1C(C)=O. The number of carboxylic acid groups (broad SMARTS) is 1. The molecule has 0 fully saturated rings. The lowest BCUT2D eigenvalue weighted by atomic mass is 9.95. The van der Waals surface area contributed by atoms with Crippen molar-refractivity contribution in [3.8, 4) is 5.75 Å². The van der Waals surface area contributed by atoms with E-state index in [4.69, 9.17) is 14.6 Å². The number of rotatable bonds is 7. The zero-order valence-electron chi connectivity index (χ0n) is 13.9. The van der Waals surface area contributed by atoms with Crippen LogP contribution in [-0.2, 0) is 22.6 Å². The fraction of sp³-hybridized carbons (Fsp3) is 0.211. The molecule has 0 unspecified atom stereocenters. The standard InChI is InChI=1S/C19H18O6/c1-12(20)18-14(9-17(21)22)8-15(10-16(18)19(23)24-2)25-11-13-6-4-3-5-7-13/h3-8,10H,9,11H2,1-2H3,(H,21,22). The number of ketones is 1. The summed E-state index contributed by atoms with van der Waals surface area (Å²) >= 11 is 0. The van der Waals surface area contributed by atoms with Crippen molar-refractivity contribution in [1.82, 2.24) is 0 Å². The van der Waals surface area contributed by atoms with Gasteiger partial charge in [0.2, 0.25) is 0 Å². The number of hydrogen-bond donors (Lipinski definition) is 1. The van der Waals surface area contributed by atoms with Gasteiger partial charge < -0.3 is 14.6 Å². The minimum atomic E-state index is -1.11. The van der Waals surface area contributed by atoms with Crippen molar-refractivity contribution in [3.63, 3.8) is 0 Å². The van der Waals surface area contributed by atoms with Crippen molar-refractivity contribution in [2.24, 2.45) is 0 Å². The first-order valence-corrected chi connectivity index (χ1v) is 7.57. The Kier molecular flexibility index (Phi) is 5.89. The molecule has 0 bridgehead atoms. The highest BCUT2D eigenvalue weighted by molar-refractivity contribution is 6.07. The van der Waals surface area contributed by atoms with E-state index in [1.54, 1.807) is 0 Å². The predicted molar refractivity (Wildman–Crippen MR) is 89.9 cm³/mol. The number of ether oxygens (including phenoxy) is 2. The average molecular weight is 342 g/mol. The minimum Gasteiger partial charge on any atom is -0.489 e. The largest absolute Gasteiger partial charge is 0.489 e. The van der Waals surface area contributed by atoms with Crippen molar-refractivity contribution in [1.29, 1.82) is 0 Å². The van der Waals surface area contributed by atoms with Crippen LogP contribution in [0.25, 0.3) is 0 Å². The quantitative estimate of drug-likeness (QED) is 0.615. The fourth-order valence-corrected chi connectivity index (χ4v) is 2.49. The molecule has 25 heavy (non-hydrogen) atoms. The summed E-state index contributed by atoms with van der Waals surface area (Å²) in [7, 11) is 1.20. The van der Waals surface area contributed by atoms with E-state index in [9.17, 15) is 14.4 Å². The number of benzene rings is 2. The smallest absolute Gasteiger partial charge is 0.338 e. The van der Waals surface area contributed by atoms with Crippen molar-refractivity contribution >= 4 is 17.7 Å². The molecular formula is C19H18O6. The van der Waals surface area contributed by atoms with Gasteiger partial charge in [-0.1, -0.05) is 30.3 Å². The topological polar surface area (TPSA) is 89.9 Å². The molecule has 2 aromatic carbocycles. The third kappa shape index (κ3) is 4.67. The zero-order chi connectivity index (χ0) is 18.4. The Morgan fingerprint density at radius 1 is 1.08 bits per heavy atom. The first kappa shape index (κ1) is 18.2. The van der Waals surface area contributed by atoms with Gasteiger partial charge in [0.05, 0.1) is 19.1 Å². The summed E-state index contributed by atoms with van der Waals surface area (Å²) < 4.78 is 10.4. The van der Waals surface area contributed by atoms with E-state index in [0.717, 1.165) is 5.56 Å². The van der Waals surface area contributed by atoms with Crippen LogP contribution in [0.3, 0.4) is 0 Å². The number of carboxylic acids is 1. The Morgan fingerprint density at radius 3 is 2.32 bits per heavy atom. The summed E-state index contributed by atoms with van der Waals surface area (Å²) in [5.74, 6) is -1.95. The molecule has 2 aromatic rings. The molecule has 0 saturated carbocycles. The van der Waals surface area contributed by atoms with Crippen LogP contribution in [0, 0.1) is 0 Å². The molecule has 0 heterocycles. The van der Waals surface area contributed by atoms with Crippen LogP contribution in [0.4, 0.5) is 0 Å². The molecule has 0 aromatic heterocycles. The number of aliphatic carboxylic acids is 1. The maximum absolute atomic E-state index is 12.0. The number of esters is 1. The van der Waals surface area contributed by atoms with Crippen LogP contribution in [0.15, 0.2) is 42.5 Å². The molecule has 0 spiro atoms. The summed E-state index contributed by atoms with van der Waals surface area (Å²) in [5, 5.41) is 9.09. The van der Waals surface area contributed by atoms with Crippen molar-refractivity contribution in [2.45, 2.75) is 20.0 Å². The molecule has 0 atom stereocenters. The predicted octanol–water partition coefficient (Wildman–Crippen LogP) is 2.88. The van der Waals surface area contributed by atoms with Gasteiger partial charge in [-0.3, -0.25) is 9.59 Å². The summed E-state index contributed by atoms with van der Waals surface area (Å²) in [5.41, 5.74) is 1.17. The van der Waals surface area contributed by atoms with E-state index >= 15 is 0 Å². The van der Waals surface area contributed by atoms with Gasteiger partial charge in [0.15, 0.2) is 5.78 Å². The summed E-state index contributed by atoms with van der Waals surface area (Å²) in [6.07, 6.45) is -0.401. The number of methoxy groups -OCH3 is 1. The lowest BCUT2D eigenvalue weighted by Gasteiger charge is -2.14. The molecule has 130 valence electrons. The summed E-state index contributed by atoms with van der Waals surface area (Å²) in [6.45, 7) is 1.52. The molecule has 0 radical (unpaired) electrons. The molecule has 0 aliphatic rings. The molecular weight excluding hydrogens is 324 g/mol. The maximum Gasteiger partial charge on any atom is 0.338 e. The van der Waals surface area contributed by atoms with Gasteiger partial charge in [-0.05, 0) is 30.2 Å². The van der Waals surface area contributed by atoms with Crippen LogP contribution in [0.1, 0.15) is 38.8 Å². The second kappa shape index (κ2) is 8.10. The molecule has 0 aliphatic carbocycles. The van der Waals surface area contributed by atoms with Crippen LogP contribution in [-0.4, -0.2) is 29.9 Å². The monoisotopic (exact) mass is 342 g/mol. The Hall–Kier alpha value is -3.15. The molecule has 0 aliphatic heterocycles. The second-order valence-electron chi connectivity index (χ2n) is 5.40. The Bertz CT molecular complexity index is 795. The Balaban J connectivity index is 2.44. The van der Waals surface area contributed by atoms with Gasteiger partial charge in [-0.2, -0.15) is 0 Å². The van der Waals surface area contributed by atoms with Gasteiger partial charge in [0, 0.05) is 5.56 Å². The first-order chi connectivity index (χ1) is 11.9. The molecule has 0 saturated heterocycles.